The summed E-state index contributed by atoms with van der Waals surface area (Å²) in [4.78, 5) is 12.3. The van der Waals surface area contributed by atoms with Gasteiger partial charge < -0.3 is 5.11 Å². The molecule has 0 aliphatic carbocycles. The Morgan fingerprint density at radius 3 is 2.41 bits per heavy atom. The molecule has 0 saturated heterocycles. The molecular formula is C22H19ClFN3O4S. The number of benzene rings is 3. The molecule has 0 bridgehead atoms. The molecule has 10 heteroatoms. The number of nitrogens with zero attached hydrogens (tertiary/aromatic N) is 2. The number of aromatic hydroxyl groups is 1. The normalized spacial score (nSPS) is 11.7. The number of hydrazone groups is 1. The first-order valence-electron chi connectivity index (χ1n) is 9.36. The fraction of sp³-hybridized carbons (Fsp3) is 0.0909. The lowest BCUT2D eigenvalue weighted by atomic mass is 10.2. The summed E-state index contributed by atoms with van der Waals surface area (Å²) in [7, 11) is -4.16. The van der Waals surface area contributed by atoms with Crippen LogP contribution in [0.15, 0.2) is 82.8 Å². The van der Waals surface area contributed by atoms with E-state index in [4.69, 9.17) is 11.6 Å². The number of hydrogen-bond donors (Lipinski definition) is 2. The van der Waals surface area contributed by atoms with Crippen LogP contribution in [-0.4, -0.2) is 36.5 Å². The van der Waals surface area contributed by atoms with Crippen molar-refractivity contribution in [2.75, 3.05) is 6.54 Å². The highest BCUT2D eigenvalue weighted by atomic mass is 35.5. The molecule has 7 nitrogen and oxygen atoms in total. The van der Waals surface area contributed by atoms with Crippen LogP contribution in [0.1, 0.15) is 11.1 Å². The summed E-state index contributed by atoms with van der Waals surface area (Å²) in [5, 5.41) is 13.8. The van der Waals surface area contributed by atoms with Gasteiger partial charge in [-0.1, -0.05) is 41.9 Å². The van der Waals surface area contributed by atoms with Gasteiger partial charge in [-0.25, -0.2) is 18.2 Å². The predicted molar refractivity (Wildman–Crippen MR) is 119 cm³/mol. The molecule has 3 rings (SSSR count). The molecule has 0 aliphatic heterocycles. The molecule has 0 atom stereocenters. The van der Waals surface area contributed by atoms with Crippen LogP contribution in [0.3, 0.4) is 0 Å². The van der Waals surface area contributed by atoms with E-state index >= 15 is 0 Å². The first-order valence-corrected chi connectivity index (χ1v) is 11.2. The van der Waals surface area contributed by atoms with Gasteiger partial charge in [-0.2, -0.15) is 9.41 Å². The lowest BCUT2D eigenvalue weighted by Gasteiger charge is -2.21. The molecule has 0 unspecified atom stereocenters. The van der Waals surface area contributed by atoms with E-state index in [0.29, 0.717) is 10.6 Å². The van der Waals surface area contributed by atoms with Crippen LogP contribution >= 0.6 is 11.6 Å². The maximum atomic E-state index is 14.2. The fourth-order valence-corrected chi connectivity index (χ4v) is 4.26. The molecule has 0 spiro atoms. The summed E-state index contributed by atoms with van der Waals surface area (Å²) in [5.74, 6) is -1.37. The zero-order valence-corrected chi connectivity index (χ0v) is 18.2. The topological polar surface area (TPSA) is 99.1 Å². The third-order valence-corrected chi connectivity index (χ3v) is 6.46. The number of phenolic OH excluding ortho intramolecular Hbond substituents is 1. The van der Waals surface area contributed by atoms with Gasteiger partial charge in [0.25, 0.3) is 5.91 Å². The van der Waals surface area contributed by atoms with Crippen LogP contribution in [0.25, 0.3) is 0 Å². The highest BCUT2D eigenvalue weighted by molar-refractivity contribution is 7.89. The lowest BCUT2D eigenvalue weighted by molar-refractivity contribution is -0.121. The number of nitrogens with one attached hydrogen (secondary N) is 1. The summed E-state index contributed by atoms with van der Waals surface area (Å²) in [5.41, 5.74) is 2.69. The summed E-state index contributed by atoms with van der Waals surface area (Å²) < 4.78 is 41.3. The van der Waals surface area contributed by atoms with Gasteiger partial charge in [-0.15, -0.1) is 0 Å². The average molecular weight is 476 g/mol. The van der Waals surface area contributed by atoms with Gasteiger partial charge in [-0.05, 0) is 42.5 Å². The van der Waals surface area contributed by atoms with Crippen LogP contribution in [0.5, 0.6) is 5.75 Å². The Bertz CT molecular complexity index is 1230. The zero-order chi connectivity index (χ0) is 23.1. The minimum absolute atomic E-state index is 0.0306. The molecule has 2 N–H and O–H groups in total. The number of carbonyl (C=O) groups excluding carboxylic acids is 1. The van der Waals surface area contributed by atoms with E-state index in [-0.39, 0.29) is 22.8 Å². The third kappa shape index (κ3) is 5.91. The van der Waals surface area contributed by atoms with Crippen molar-refractivity contribution in [1.29, 1.82) is 0 Å². The van der Waals surface area contributed by atoms with Gasteiger partial charge in [0.15, 0.2) is 0 Å². The SMILES string of the molecule is O=C(CN(Cc1ccccc1F)S(=O)(=O)c1ccc(Cl)cc1)NN=Cc1ccccc1O. The van der Waals surface area contributed by atoms with Crippen molar-refractivity contribution in [2.24, 2.45) is 5.10 Å². The second kappa shape index (κ2) is 10.4. The van der Waals surface area contributed by atoms with E-state index in [1.807, 2.05) is 0 Å². The Kier molecular flexibility index (Phi) is 7.57. The number of rotatable bonds is 8. The summed E-state index contributed by atoms with van der Waals surface area (Å²) >= 11 is 5.84. The lowest BCUT2D eigenvalue weighted by Crippen LogP contribution is -2.39. The van der Waals surface area contributed by atoms with Crippen molar-refractivity contribution in [3.63, 3.8) is 0 Å². The van der Waals surface area contributed by atoms with Crippen molar-refractivity contribution in [1.82, 2.24) is 9.73 Å². The van der Waals surface area contributed by atoms with Gasteiger partial charge in [-0.3, -0.25) is 4.79 Å². The molecule has 1 amide bonds. The second-order valence-corrected chi connectivity index (χ2v) is 9.04. The van der Waals surface area contributed by atoms with Crippen molar-refractivity contribution < 1.29 is 22.7 Å². The molecule has 0 saturated carbocycles. The largest absolute Gasteiger partial charge is 0.507 e. The number of halogens is 2. The maximum Gasteiger partial charge on any atom is 0.255 e. The van der Waals surface area contributed by atoms with E-state index < -0.39 is 28.3 Å². The van der Waals surface area contributed by atoms with Crippen LogP contribution < -0.4 is 5.43 Å². The Hall–Kier alpha value is -3.27. The third-order valence-electron chi connectivity index (χ3n) is 4.41. The van der Waals surface area contributed by atoms with Crippen LogP contribution in [-0.2, 0) is 21.4 Å². The number of sulfonamides is 1. The van der Waals surface area contributed by atoms with E-state index in [1.54, 1.807) is 24.3 Å². The van der Waals surface area contributed by atoms with Crippen LogP contribution in [0.4, 0.5) is 4.39 Å². The molecule has 0 aromatic heterocycles. The molecule has 0 heterocycles. The predicted octanol–water partition coefficient (Wildman–Crippen LogP) is 3.53. The molecule has 0 fully saturated rings. The second-order valence-electron chi connectivity index (χ2n) is 6.67. The Morgan fingerprint density at radius 1 is 1.06 bits per heavy atom. The van der Waals surface area contributed by atoms with Crippen molar-refractivity contribution in [3.05, 3.63) is 94.8 Å². The Morgan fingerprint density at radius 2 is 1.72 bits per heavy atom. The minimum Gasteiger partial charge on any atom is -0.507 e. The number of carbonyl (C=O) groups is 1. The Labute approximate surface area is 189 Å². The van der Waals surface area contributed by atoms with Gasteiger partial charge in [0, 0.05) is 22.7 Å². The molecular weight excluding hydrogens is 457 g/mol. The molecule has 0 aliphatic rings. The molecule has 0 radical (unpaired) electrons. The van der Waals surface area contributed by atoms with Crippen molar-refractivity contribution in [2.45, 2.75) is 11.4 Å². The summed E-state index contributed by atoms with van der Waals surface area (Å²) in [6.07, 6.45) is 1.22. The highest BCUT2D eigenvalue weighted by Crippen LogP contribution is 2.21. The number of hydrogen-bond acceptors (Lipinski definition) is 5. The maximum absolute atomic E-state index is 14.2. The number of amides is 1. The van der Waals surface area contributed by atoms with Crippen molar-refractivity contribution >= 4 is 33.7 Å². The fourth-order valence-electron chi connectivity index (χ4n) is 2.76. The standard InChI is InChI=1S/C22H19ClFN3O4S/c23-18-9-11-19(12-10-18)32(30,31)27(14-17-6-1-3-7-20(17)24)15-22(29)26-25-13-16-5-2-4-8-21(16)28/h1-13,28H,14-15H2,(H,26,29). The van der Waals surface area contributed by atoms with Gasteiger partial charge in [0.1, 0.15) is 11.6 Å². The molecule has 3 aromatic rings. The molecule has 166 valence electrons. The first kappa shape index (κ1) is 23.4. The summed E-state index contributed by atoms with van der Waals surface area (Å²) in [6.45, 7) is -0.981. The number of phenols is 1. The average Bonchev–Trinajstić information content (AvgIpc) is 2.76. The Balaban J connectivity index is 1.82. The van der Waals surface area contributed by atoms with Crippen molar-refractivity contribution in [3.8, 4) is 5.75 Å². The van der Waals surface area contributed by atoms with E-state index in [2.05, 4.69) is 10.5 Å². The van der Waals surface area contributed by atoms with Crippen LogP contribution in [0, 0.1) is 5.82 Å². The monoisotopic (exact) mass is 475 g/mol. The summed E-state index contributed by atoms with van der Waals surface area (Å²) in [6, 6.07) is 17.5. The van der Waals surface area contributed by atoms with Gasteiger partial charge in [0.2, 0.25) is 10.0 Å². The number of para-hydroxylation sites is 1. The zero-order valence-electron chi connectivity index (χ0n) is 16.7. The highest BCUT2D eigenvalue weighted by Gasteiger charge is 2.27. The van der Waals surface area contributed by atoms with E-state index in [0.717, 1.165) is 4.31 Å². The first-order chi connectivity index (χ1) is 15.3. The minimum atomic E-state index is -4.16. The van der Waals surface area contributed by atoms with Crippen LogP contribution in [0.2, 0.25) is 5.02 Å². The molecule has 32 heavy (non-hydrogen) atoms. The van der Waals surface area contributed by atoms with E-state index in [1.165, 1.54) is 54.7 Å². The van der Waals surface area contributed by atoms with Gasteiger partial charge in [0.05, 0.1) is 17.7 Å². The quantitative estimate of drug-likeness (QED) is 0.384. The van der Waals surface area contributed by atoms with E-state index in [9.17, 15) is 22.7 Å². The smallest absolute Gasteiger partial charge is 0.255 e. The van der Waals surface area contributed by atoms with Gasteiger partial charge >= 0.3 is 0 Å². The molecule has 3 aromatic carbocycles.